The summed E-state index contributed by atoms with van der Waals surface area (Å²) in [5.74, 6) is 1.20. The Morgan fingerprint density at radius 1 is 0.969 bits per heavy atom. The van der Waals surface area contributed by atoms with Crippen LogP contribution in [0.25, 0.3) is 6.08 Å². The maximum Gasteiger partial charge on any atom is 0.282 e. The zero-order valence-corrected chi connectivity index (χ0v) is 19.8. The van der Waals surface area contributed by atoms with Crippen molar-refractivity contribution < 1.29 is 9.53 Å². The van der Waals surface area contributed by atoms with Crippen molar-refractivity contribution in [3.8, 4) is 5.75 Å². The van der Waals surface area contributed by atoms with E-state index in [-0.39, 0.29) is 5.91 Å². The summed E-state index contributed by atoms with van der Waals surface area (Å²) in [5.41, 5.74) is 4.02. The van der Waals surface area contributed by atoms with Crippen molar-refractivity contribution in [2.45, 2.75) is 6.92 Å². The van der Waals surface area contributed by atoms with Crippen LogP contribution < -0.4 is 14.5 Å². The Kier molecular flexibility index (Phi) is 6.42. The number of hydrogen-bond acceptors (Lipinski definition) is 4. The third-order valence-electron chi connectivity index (χ3n) is 5.08. The fourth-order valence-corrected chi connectivity index (χ4v) is 3.70. The normalized spacial score (nSPS) is 14.6. The first kappa shape index (κ1) is 21.8. The highest BCUT2D eigenvalue weighted by atomic mass is 79.9. The van der Waals surface area contributed by atoms with Crippen LogP contribution in [0.2, 0.25) is 0 Å². The van der Waals surface area contributed by atoms with Gasteiger partial charge in [-0.1, -0.05) is 40.2 Å². The molecule has 0 spiro atoms. The van der Waals surface area contributed by atoms with Gasteiger partial charge in [0.25, 0.3) is 5.91 Å². The van der Waals surface area contributed by atoms with Crippen LogP contribution in [0, 0.1) is 0 Å². The predicted molar refractivity (Wildman–Crippen MR) is 135 cm³/mol. The number of aliphatic imine (C=N–C) groups is 1. The molecular formula is C26H24BrN3O2. The highest BCUT2D eigenvalue weighted by Crippen LogP contribution is 2.30. The number of halogens is 1. The summed E-state index contributed by atoms with van der Waals surface area (Å²) in [7, 11) is 3.99. The van der Waals surface area contributed by atoms with Crippen molar-refractivity contribution in [1.82, 2.24) is 0 Å². The Bertz CT molecular complexity index is 1170. The molecular weight excluding hydrogens is 466 g/mol. The summed E-state index contributed by atoms with van der Waals surface area (Å²) in [6.45, 7) is 2.53. The van der Waals surface area contributed by atoms with Crippen molar-refractivity contribution in [2.75, 3.05) is 30.5 Å². The van der Waals surface area contributed by atoms with Gasteiger partial charge in [0.1, 0.15) is 17.3 Å². The van der Waals surface area contributed by atoms with Gasteiger partial charge in [-0.3, -0.25) is 9.69 Å². The second-order valence-corrected chi connectivity index (χ2v) is 8.44. The molecule has 0 aromatic heterocycles. The monoisotopic (exact) mass is 489 g/mol. The molecule has 3 aromatic rings. The molecule has 0 N–H and O–H groups in total. The molecule has 0 bridgehead atoms. The van der Waals surface area contributed by atoms with Gasteiger partial charge in [-0.15, -0.1) is 0 Å². The lowest BCUT2D eigenvalue weighted by atomic mass is 10.1. The molecule has 162 valence electrons. The van der Waals surface area contributed by atoms with Gasteiger partial charge in [0, 0.05) is 29.8 Å². The van der Waals surface area contributed by atoms with E-state index < -0.39 is 0 Å². The lowest BCUT2D eigenvalue weighted by molar-refractivity contribution is -0.113. The second-order valence-electron chi connectivity index (χ2n) is 7.53. The average Bonchev–Trinajstić information content (AvgIpc) is 3.11. The van der Waals surface area contributed by atoms with Crippen molar-refractivity contribution in [2.24, 2.45) is 4.99 Å². The van der Waals surface area contributed by atoms with E-state index in [0.29, 0.717) is 18.1 Å². The van der Waals surface area contributed by atoms with E-state index in [9.17, 15) is 4.79 Å². The smallest absolute Gasteiger partial charge is 0.282 e. The molecule has 1 heterocycles. The van der Waals surface area contributed by atoms with Gasteiger partial charge < -0.3 is 9.64 Å². The van der Waals surface area contributed by atoms with Crippen LogP contribution >= 0.6 is 15.9 Å². The Morgan fingerprint density at radius 2 is 1.62 bits per heavy atom. The van der Waals surface area contributed by atoms with Gasteiger partial charge in [0.2, 0.25) is 0 Å². The summed E-state index contributed by atoms with van der Waals surface area (Å²) in [6, 6.07) is 23.3. The molecule has 0 atom stereocenters. The highest BCUT2D eigenvalue weighted by Gasteiger charge is 2.32. The molecule has 1 aliphatic heterocycles. The topological polar surface area (TPSA) is 45.1 Å². The first-order valence-electron chi connectivity index (χ1n) is 10.4. The van der Waals surface area contributed by atoms with E-state index in [1.165, 1.54) is 0 Å². The number of nitrogens with zero attached hydrogens (tertiary/aromatic N) is 3. The fourth-order valence-electron chi connectivity index (χ4n) is 3.43. The number of carbonyl (C=O) groups excluding carboxylic acids is 1. The van der Waals surface area contributed by atoms with Gasteiger partial charge in [-0.05, 0) is 67.1 Å². The van der Waals surface area contributed by atoms with Crippen LogP contribution in [0.4, 0.5) is 11.4 Å². The maximum absolute atomic E-state index is 13.4. The molecule has 0 fully saturated rings. The van der Waals surface area contributed by atoms with Crippen molar-refractivity contribution in [3.05, 3.63) is 94.1 Å². The number of benzene rings is 3. The Balaban J connectivity index is 1.74. The van der Waals surface area contributed by atoms with Crippen LogP contribution in [0.15, 0.2) is 88.0 Å². The Hall–Kier alpha value is -3.38. The van der Waals surface area contributed by atoms with Crippen LogP contribution in [0.1, 0.15) is 18.1 Å². The first-order chi connectivity index (χ1) is 15.5. The minimum absolute atomic E-state index is 0.163. The molecule has 0 unspecified atom stereocenters. The summed E-state index contributed by atoms with van der Waals surface area (Å²) in [4.78, 5) is 21.9. The lowest BCUT2D eigenvalue weighted by Crippen LogP contribution is -2.32. The predicted octanol–water partition coefficient (Wildman–Crippen LogP) is 5.75. The second kappa shape index (κ2) is 9.40. The summed E-state index contributed by atoms with van der Waals surface area (Å²) >= 11 is 3.47. The molecule has 4 rings (SSSR count). The molecule has 1 aliphatic rings. The molecule has 1 amide bonds. The zero-order chi connectivity index (χ0) is 22.7. The third kappa shape index (κ3) is 4.60. The van der Waals surface area contributed by atoms with E-state index >= 15 is 0 Å². The van der Waals surface area contributed by atoms with Crippen molar-refractivity contribution >= 4 is 45.1 Å². The molecule has 3 aromatic carbocycles. The number of hydrogen-bond donors (Lipinski definition) is 0. The maximum atomic E-state index is 13.4. The molecule has 5 nitrogen and oxygen atoms in total. The Labute approximate surface area is 196 Å². The molecule has 0 saturated heterocycles. The zero-order valence-electron chi connectivity index (χ0n) is 18.2. The first-order valence-corrected chi connectivity index (χ1v) is 11.2. The molecule has 0 aliphatic carbocycles. The molecule has 0 radical (unpaired) electrons. The summed E-state index contributed by atoms with van der Waals surface area (Å²) in [6.07, 6.45) is 1.83. The number of rotatable bonds is 6. The average molecular weight is 490 g/mol. The van der Waals surface area contributed by atoms with Gasteiger partial charge in [0.05, 0.1) is 12.3 Å². The van der Waals surface area contributed by atoms with E-state index in [0.717, 1.165) is 32.7 Å². The van der Waals surface area contributed by atoms with Crippen LogP contribution in [-0.4, -0.2) is 32.4 Å². The van der Waals surface area contributed by atoms with E-state index in [1.54, 1.807) is 4.90 Å². The van der Waals surface area contributed by atoms with Crippen molar-refractivity contribution in [1.29, 1.82) is 0 Å². The fraction of sp³-hybridized carbons (Fsp3) is 0.154. The molecule has 6 heteroatoms. The molecule has 32 heavy (non-hydrogen) atoms. The van der Waals surface area contributed by atoms with E-state index in [4.69, 9.17) is 9.73 Å². The summed E-state index contributed by atoms with van der Waals surface area (Å²) in [5, 5.41) is 0. The number of amidine groups is 1. The SMILES string of the molecule is CCOc1ccc(N2C(=O)/C(=C\c3ccc(N(C)C)cc3)N=C2c2ccc(Br)cc2)cc1. The quantitative estimate of drug-likeness (QED) is 0.414. The van der Waals surface area contributed by atoms with Crippen molar-refractivity contribution in [3.63, 3.8) is 0 Å². The lowest BCUT2D eigenvalue weighted by Gasteiger charge is -2.19. The van der Waals surface area contributed by atoms with Crippen LogP contribution in [-0.2, 0) is 4.79 Å². The largest absolute Gasteiger partial charge is 0.494 e. The number of amides is 1. The minimum atomic E-state index is -0.163. The third-order valence-corrected chi connectivity index (χ3v) is 5.61. The van der Waals surface area contributed by atoms with Crippen LogP contribution in [0.3, 0.4) is 0 Å². The van der Waals surface area contributed by atoms with Gasteiger partial charge in [0.15, 0.2) is 0 Å². The Morgan fingerprint density at radius 3 is 2.22 bits per heavy atom. The summed E-state index contributed by atoms with van der Waals surface area (Å²) < 4.78 is 6.52. The van der Waals surface area contributed by atoms with Gasteiger partial charge in [-0.2, -0.15) is 0 Å². The number of ether oxygens (including phenoxy) is 1. The molecule has 0 saturated carbocycles. The van der Waals surface area contributed by atoms with E-state index in [1.807, 2.05) is 105 Å². The number of anilines is 2. The highest BCUT2D eigenvalue weighted by molar-refractivity contribution is 9.10. The van der Waals surface area contributed by atoms with E-state index in [2.05, 4.69) is 15.9 Å². The minimum Gasteiger partial charge on any atom is -0.494 e. The standard InChI is InChI=1S/C26H24BrN3O2/c1-4-32-23-15-13-22(14-16-23)30-25(19-7-9-20(27)10-8-19)28-24(26(30)31)17-18-5-11-21(12-6-18)29(2)3/h5-17H,4H2,1-3H3/b24-17+. The van der Waals surface area contributed by atoms with Gasteiger partial charge in [-0.25, -0.2) is 4.99 Å². The number of carbonyl (C=O) groups is 1. The van der Waals surface area contributed by atoms with Gasteiger partial charge >= 0.3 is 0 Å². The van der Waals surface area contributed by atoms with Crippen LogP contribution in [0.5, 0.6) is 5.75 Å².